The number of anilines is 1. The van der Waals surface area contributed by atoms with Crippen LogP contribution in [0.25, 0.3) is 10.8 Å². The molecular weight excluding hydrogens is 510 g/mol. The van der Waals surface area contributed by atoms with Gasteiger partial charge in [-0.3, -0.25) is 14.4 Å². The quantitative estimate of drug-likeness (QED) is 0.561. The minimum Gasteiger partial charge on any atom is -0.396 e. The van der Waals surface area contributed by atoms with Gasteiger partial charge in [-0.15, -0.1) is 11.8 Å². The average Bonchev–Trinajstić information content (AvgIpc) is 3.20. The highest BCUT2D eigenvalue weighted by Crippen LogP contribution is 2.65. The monoisotopic (exact) mass is 545 g/mol. The maximum absolute atomic E-state index is 14.5. The Labute approximate surface area is 233 Å². The summed E-state index contributed by atoms with van der Waals surface area (Å²) < 4.78 is -1.48. The van der Waals surface area contributed by atoms with E-state index < -0.39 is 27.4 Å². The Morgan fingerprint density at radius 1 is 0.923 bits per heavy atom. The van der Waals surface area contributed by atoms with Gasteiger partial charge in [0.15, 0.2) is 0 Å². The smallest absolute Gasteiger partial charge is 0.251 e. The number of carbonyl (C=O) groups excluding carboxylic acids is 3. The van der Waals surface area contributed by atoms with Crippen molar-refractivity contribution in [2.24, 2.45) is 11.8 Å². The van der Waals surface area contributed by atoms with Crippen molar-refractivity contribution in [3.63, 3.8) is 0 Å². The molecule has 1 N–H and O–H groups in total. The van der Waals surface area contributed by atoms with E-state index in [0.29, 0.717) is 26.1 Å². The fourth-order valence-corrected chi connectivity index (χ4v) is 9.26. The lowest BCUT2D eigenvalue weighted by molar-refractivity contribution is -0.143. The Kier molecular flexibility index (Phi) is 6.58. The molecule has 1 unspecified atom stereocenters. The normalized spacial score (nSPS) is 31.9. The highest BCUT2D eigenvalue weighted by Gasteiger charge is 2.73. The Hall–Kier alpha value is -3.10. The number of rotatable bonds is 6. The van der Waals surface area contributed by atoms with Gasteiger partial charge in [-0.2, -0.15) is 0 Å². The molecule has 5 atom stereocenters. The third-order valence-corrected chi connectivity index (χ3v) is 10.5. The Morgan fingerprint density at radius 3 is 2.46 bits per heavy atom. The second kappa shape index (κ2) is 9.82. The fraction of sp³-hybridized carbons (Fsp3) is 0.452. The standard InChI is InChI=1S/C31H35N3O4S/c1-3-15-32-16-6-13-30(2)24(27(32)36)25-28(37)34(18-8-19-35)26-29(38)33(17-7-14-31(25,26)39-30)23-12-11-21-9-4-5-10-22(21)20-23/h4-7,9-14,20,24-26,35H,3,8,15-19H2,1-2H3/t24-,25-,26?,30+,31-/m0/s1. The lowest BCUT2D eigenvalue weighted by Gasteiger charge is -2.36. The number of nitrogens with zero attached hydrogens (tertiary/aromatic N) is 3. The molecule has 2 aromatic rings. The van der Waals surface area contributed by atoms with Gasteiger partial charge in [0.05, 0.1) is 16.6 Å². The van der Waals surface area contributed by atoms with E-state index in [-0.39, 0.29) is 30.9 Å². The molecule has 8 heteroatoms. The molecule has 0 saturated carbocycles. The van der Waals surface area contributed by atoms with Gasteiger partial charge in [-0.05, 0) is 42.7 Å². The van der Waals surface area contributed by atoms with Crippen LogP contribution in [0.3, 0.4) is 0 Å². The Morgan fingerprint density at radius 2 is 1.69 bits per heavy atom. The molecule has 2 fully saturated rings. The van der Waals surface area contributed by atoms with Crippen LogP contribution >= 0.6 is 11.8 Å². The predicted octanol–water partition coefficient (Wildman–Crippen LogP) is 3.62. The van der Waals surface area contributed by atoms with Gasteiger partial charge in [0.1, 0.15) is 6.04 Å². The van der Waals surface area contributed by atoms with Gasteiger partial charge in [0.2, 0.25) is 11.8 Å². The second-order valence-electron chi connectivity index (χ2n) is 11.2. The number of carbonyl (C=O) groups is 3. The number of thioether (sulfide) groups is 1. The molecule has 1 spiro atoms. The van der Waals surface area contributed by atoms with Crippen molar-refractivity contribution in [2.45, 2.75) is 42.2 Å². The number of likely N-dealkylation sites (tertiary alicyclic amines) is 1. The van der Waals surface area contributed by atoms with E-state index in [9.17, 15) is 19.5 Å². The number of aliphatic hydroxyl groups excluding tert-OH is 1. The topological polar surface area (TPSA) is 81.2 Å². The molecule has 0 radical (unpaired) electrons. The summed E-state index contributed by atoms with van der Waals surface area (Å²) in [5.74, 6) is -1.52. The van der Waals surface area contributed by atoms with Crippen LogP contribution in [0.5, 0.6) is 0 Å². The third kappa shape index (κ3) is 3.94. The van der Waals surface area contributed by atoms with Crippen LogP contribution in [-0.4, -0.2) is 80.9 Å². The Bertz CT molecular complexity index is 1390. The molecule has 4 aliphatic rings. The molecule has 2 aromatic carbocycles. The molecule has 0 aliphatic carbocycles. The SMILES string of the molecule is CCCN1CC=C[C@@]2(C)S[C@]34C=CCN(c5ccc6ccccc6c5)C(=O)C3N(CCCO)C(=O)[C@@H]4[C@H]2C1=O. The second-order valence-corrected chi connectivity index (χ2v) is 13.0. The predicted molar refractivity (Wildman–Crippen MR) is 154 cm³/mol. The molecule has 39 heavy (non-hydrogen) atoms. The molecule has 6 rings (SSSR count). The summed E-state index contributed by atoms with van der Waals surface area (Å²) >= 11 is 1.60. The van der Waals surface area contributed by atoms with Crippen molar-refractivity contribution < 1.29 is 19.5 Å². The van der Waals surface area contributed by atoms with E-state index in [1.165, 1.54) is 0 Å². The first-order valence-corrected chi connectivity index (χ1v) is 14.7. The molecule has 4 heterocycles. The summed E-state index contributed by atoms with van der Waals surface area (Å²) in [7, 11) is 0. The van der Waals surface area contributed by atoms with E-state index in [1.54, 1.807) is 21.6 Å². The van der Waals surface area contributed by atoms with Crippen molar-refractivity contribution in [1.82, 2.24) is 9.80 Å². The van der Waals surface area contributed by atoms with Crippen molar-refractivity contribution in [1.29, 1.82) is 0 Å². The van der Waals surface area contributed by atoms with Gasteiger partial charge in [-0.25, -0.2) is 0 Å². The van der Waals surface area contributed by atoms with E-state index in [0.717, 1.165) is 22.9 Å². The first kappa shape index (κ1) is 26.1. The average molecular weight is 546 g/mol. The van der Waals surface area contributed by atoms with E-state index in [4.69, 9.17) is 0 Å². The lowest BCUT2D eigenvalue weighted by Crippen LogP contribution is -2.53. The number of benzene rings is 2. The maximum atomic E-state index is 14.5. The third-order valence-electron chi connectivity index (χ3n) is 8.74. The van der Waals surface area contributed by atoms with Crippen molar-refractivity contribution in [3.05, 3.63) is 66.8 Å². The zero-order valence-corrected chi connectivity index (χ0v) is 23.3. The van der Waals surface area contributed by atoms with Gasteiger partial charge in [0.25, 0.3) is 5.91 Å². The van der Waals surface area contributed by atoms with Gasteiger partial charge < -0.3 is 19.8 Å². The minimum atomic E-state index is -0.871. The first-order chi connectivity index (χ1) is 18.8. The van der Waals surface area contributed by atoms with Crippen LogP contribution in [0.2, 0.25) is 0 Å². The molecule has 0 aromatic heterocycles. The number of aliphatic hydroxyl groups is 1. The summed E-state index contributed by atoms with van der Waals surface area (Å²) in [4.78, 5) is 48.1. The lowest BCUT2D eigenvalue weighted by atomic mass is 9.74. The molecule has 7 nitrogen and oxygen atoms in total. The van der Waals surface area contributed by atoms with Gasteiger partial charge in [-0.1, -0.05) is 61.6 Å². The zero-order chi connectivity index (χ0) is 27.4. The van der Waals surface area contributed by atoms with E-state index in [2.05, 4.69) is 6.08 Å². The number of hydrogen-bond acceptors (Lipinski definition) is 5. The number of amides is 3. The van der Waals surface area contributed by atoms with Crippen LogP contribution in [0.4, 0.5) is 5.69 Å². The highest BCUT2D eigenvalue weighted by atomic mass is 32.2. The summed E-state index contributed by atoms with van der Waals surface area (Å²) in [5, 5.41) is 11.8. The van der Waals surface area contributed by atoms with Crippen molar-refractivity contribution >= 4 is 45.9 Å². The van der Waals surface area contributed by atoms with E-state index in [1.807, 2.05) is 79.4 Å². The van der Waals surface area contributed by atoms with Crippen LogP contribution < -0.4 is 4.90 Å². The van der Waals surface area contributed by atoms with Crippen LogP contribution in [0, 0.1) is 11.8 Å². The molecule has 2 saturated heterocycles. The summed E-state index contributed by atoms with van der Waals surface area (Å²) in [6.45, 7) is 5.85. The van der Waals surface area contributed by atoms with Gasteiger partial charge in [0, 0.05) is 43.2 Å². The van der Waals surface area contributed by atoms with Crippen LogP contribution in [0.15, 0.2) is 66.8 Å². The first-order valence-electron chi connectivity index (χ1n) is 13.9. The van der Waals surface area contributed by atoms with Crippen LogP contribution in [-0.2, 0) is 14.4 Å². The van der Waals surface area contributed by atoms with Gasteiger partial charge >= 0.3 is 0 Å². The molecular formula is C31H35N3O4S. The summed E-state index contributed by atoms with van der Waals surface area (Å²) in [6.07, 6.45) is 9.40. The fourth-order valence-electron chi connectivity index (χ4n) is 7.10. The zero-order valence-electron chi connectivity index (χ0n) is 22.5. The maximum Gasteiger partial charge on any atom is 0.251 e. The number of hydrogen-bond donors (Lipinski definition) is 1. The van der Waals surface area contributed by atoms with E-state index >= 15 is 0 Å². The van der Waals surface area contributed by atoms with Crippen molar-refractivity contribution in [2.75, 3.05) is 37.7 Å². The van der Waals surface area contributed by atoms with Crippen molar-refractivity contribution in [3.8, 4) is 0 Å². The summed E-state index contributed by atoms with van der Waals surface area (Å²) in [5.41, 5.74) is 0.784. The minimum absolute atomic E-state index is 0.00804. The number of fused-ring (bicyclic) bond motifs is 3. The Balaban J connectivity index is 1.46. The largest absolute Gasteiger partial charge is 0.396 e. The molecule has 4 aliphatic heterocycles. The molecule has 3 amide bonds. The van der Waals surface area contributed by atoms with Crippen LogP contribution in [0.1, 0.15) is 26.7 Å². The highest BCUT2D eigenvalue weighted by molar-refractivity contribution is 8.02. The summed E-state index contributed by atoms with van der Waals surface area (Å²) in [6, 6.07) is 13.3. The molecule has 0 bridgehead atoms. The molecule has 204 valence electrons.